The molecule has 5 nitrogen and oxygen atoms in total. The Kier molecular flexibility index (Phi) is 4.98. The lowest BCUT2D eigenvalue weighted by Gasteiger charge is -2.18. The summed E-state index contributed by atoms with van der Waals surface area (Å²) in [4.78, 5) is 11.1. The van der Waals surface area contributed by atoms with Crippen LogP contribution in [0.5, 0.6) is 5.75 Å². The van der Waals surface area contributed by atoms with Crippen molar-refractivity contribution < 1.29 is 19.0 Å². The second-order valence-corrected chi connectivity index (χ2v) is 4.78. The van der Waals surface area contributed by atoms with Crippen LogP contribution in [0.2, 0.25) is 0 Å². The molecule has 1 aromatic carbocycles. The van der Waals surface area contributed by atoms with E-state index >= 15 is 0 Å². The Hall–Kier alpha value is -1.59. The van der Waals surface area contributed by atoms with E-state index in [1.807, 2.05) is 25.1 Å². The zero-order chi connectivity index (χ0) is 14.5. The molecule has 0 amide bonds. The highest BCUT2D eigenvalue weighted by Gasteiger charge is 2.31. The average Bonchev–Trinajstić information content (AvgIpc) is 2.75. The van der Waals surface area contributed by atoms with Gasteiger partial charge in [0.1, 0.15) is 5.75 Å². The topological polar surface area (TPSA) is 70.8 Å². The molecule has 1 aliphatic rings. The van der Waals surface area contributed by atoms with Crippen LogP contribution < -0.4 is 10.5 Å². The van der Waals surface area contributed by atoms with Crippen molar-refractivity contribution in [3.8, 4) is 5.75 Å². The third kappa shape index (κ3) is 3.29. The lowest BCUT2D eigenvalue weighted by atomic mass is 10.1. The third-order valence-corrected chi connectivity index (χ3v) is 3.41. The first-order chi connectivity index (χ1) is 9.65. The zero-order valence-corrected chi connectivity index (χ0v) is 11.9. The summed E-state index contributed by atoms with van der Waals surface area (Å²) in [5, 5.41) is 0. The molecule has 2 N–H and O–H groups in total. The number of carbonyl (C=O) groups is 1. The van der Waals surface area contributed by atoms with E-state index in [-0.39, 0.29) is 24.5 Å². The molecular formula is C15H21NO4. The molecule has 1 aromatic rings. The van der Waals surface area contributed by atoms with Gasteiger partial charge in [0.25, 0.3) is 0 Å². The van der Waals surface area contributed by atoms with Gasteiger partial charge in [-0.25, -0.2) is 0 Å². The van der Waals surface area contributed by atoms with Crippen LogP contribution in [0.25, 0.3) is 0 Å². The minimum Gasteiger partial charge on any atom is -0.494 e. The van der Waals surface area contributed by atoms with Gasteiger partial charge in [-0.1, -0.05) is 6.07 Å². The smallest absolute Gasteiger partial charge is 0.307 e. The largest absolute Gasteiger partial charge is 0.494 e. The van der Waals surface area contributed by atoms with E-state index < -0.39 is 0 Å². The summed E-state index contributed by atoms with van der Waals surface area (Å²) >= 11 is 0. The quantitative estimate of drug-likeness (QED) is 0.801. The number of fused-ring (bicyclic) bond motifs is 1. The van der Waals surface area contributed by atoms with E-state index in [9.17, 15) is 4.79 Å². The summed E-state index contributed by atoms with van der Waals surface area (Å²) < 4.78 is 15.9. The van der Waals surface area contributed by atoms with E-state index in [4.69, 9.17) is 15.2 Å². The monoisotopic (exact) mass is 279 g/mol. The predicted molar refractivity (Wildman–Crippen MR) is 74.6 cm³/mol. The van der Waals surface area contributed by atoms with Gasteiger partial charge in [-0.3, -0.25) is 4.79 Å². The van der Waals surface area contributed by atoms with Gasteiger partial charge in [-0.2, -0.15) is 0 Å². The summed E-state index contributed by atoms with van der Waals surface area (Å²) in [6, 6.07) is 5.88. The Morgan fingerprint density at radius 2 is 2.25 bits per heavy atom. The maximum atomic E-state index is 11.1. The van der Waals surface area contributed by atoms with Gasteiger partial charge in [0.2, 0.25) is 0 Å². The SMILES string of the molecule is CCOc1ccc2c(c1)C(OCCC(=O)OC)C(N)C2. The summed E-state index contributed by atoms with van der Waals surface area (Å²) in [6.45, 7) is 2.88. The molecule has 0 saturated heterocycles. The number of benzene rings is 1. The molecule has 0 aliphatic heterocycles. The normalized spacial score (nSPS) is 20.6. The van der Waals surface area contributed by atoms with Gasteiger partial charge < -0.3 is 19.9 Å². The highest BCUT2D eigenvalue weighted by atomic mass is 16.5. The zero-order valence-electron chi connectivity index (χ0n) is 11.9. The fourth-order valence-electron chi connectivity index (χ4n) is 2.46. The van der Waals surface area contributed by atoms with Crippen LogP contribution in [0.1, 0.15) is 30.6 Å². The van der Waals surface area contributed by atoms with Crippen LogP contribution in [0.4, 0.5) is 0 Å². The van der Waals surface area contributed by atoms with E-state index in [0.717, 1.165) is 17.7 Å². The van der Waals surface area contributed by atoms with Crippen molar-refractivity contribution in [2.45, 2.75) is 31.9 Å². The minimum absolute atomic E-state index is 0.0838. The Morgan fingerprint density at radius 3 is 2.95 bits per heavy atom. The molecule has 2 unspecified atom stereocenters. The summed E-state index contributed by atoms with van der Waals surface area (Å²) in [7, 11) is 1.37. The fraction of sp³-hybridized carbons (Fsp3) is 0.533. The van der Waals surface area contributed by atoms with E-state index in [2.05, 4.69) is 4.74 Å². The van der Waals surface area contributed by atoms with Crippen LogP contribution in [-0.4, -0.2) is 32.3 Å². The van der Waals surface area contributed by atoms with Crippen molar-refractivity contribution in [3.05, 3.63) is 29.3 Å². The van der Waals surface area contributed by atoms with E-state index in [0.29, 0.717) is 13.2 Å². The van der Waals surface area contributed by atoms with Crippen molar-refractivity contribution >= 4 is 5.97 Å². The van der Waals surface area contributed by atoms with Crippen molar-refractivity contribution in [3.63, 3.8) is 0 Å². The number of hydrogen-bond donors (Lipinski definition) is 1. The molecule has 1 aliphatic carbocycles. The second-order valence-electron chi connectivity index (χ2n) is 4.78. The Labute approximate surface area is 119 Å². The van der Waals surface area contributed by atoms with Gasteiger partial charge >= 0.3 is 5.97 Å². The number of methoxy groups -OCH3 is 1. The highest BCUT2D eigenvalue weighted by molar-refractivity contribution is 5.69. The molecule has 0 bridgehead atoms. The molecule has 2 atom stereocenters. The van der Waals surface area contributed by atoms with Gasteiger partial charge in [0.05, 0.1) is 32.8 Å². The van der Waals surface area contributed by atoms with Crippen molar-refractivity contribution in [1.29, 1.82) is 0 Å². The number of ether oxygens (including phenoxy) is 3. The average molecular weight is 279 g/mol. The first-order valence-corrected chi connectivity index (χ1v) is 6.85. The fourth-order valence-corrected chi connectivity index (χ4v) is 2.46. The number of hydrogen-bond acceptors (Lipinski definition) is 5. The second kappa shape index (κ2) is 6.72. The lowest BCUT2D eigenvalue weighted by Crippen LogP contribution is -2.27. The molecule has 2 rings (SSSR count). The molecule has 5 heteroatoms. The summed E-state index contributed by atoms with van der Waals surface area (Å²) in [6.07, 6.45) is 0.834. The number of rotatable bonds is 6. The first-order valence-electron chi connectivity index (χ1n) is 6.85. The first kappa shape index (κ1) is 14.8. The Bertz CT molecular complexity index is 475. The maximum absolute atomic E-state index is 11.1. The van der Waals surface area contributed by atoms with Crippen molar-refractivity contribution in [2.75, 3.05) is 20.3 Å². The van der Waals surface area contributed by atoms with Crippen LogP contribution in [0.15, 0.2) is 18.2 Å². The van der Waals surface area contributed by atoms with Gasteiger partial charge in [-0.05, 0) is 36.6 Å². The molecule has 0 fully saturated rings. The van der Waals surface area contributed by atoms with Crippen molar-refractivity contribution in [1.82, 2.24) is 0 Å². The van der Waals surface area contributed by atoms with Crippen LogP contribution in [0.3, 0.4) is 0 Å². The number of nitrogens with two attached hydrogens (primary N) is 1. The molecule has 110 valence electrons. The summed E-state index contributed by atoms with van der Waals surface area (Å²) in [5.41, 5.74) is 8.37. The Balaban J connectivity index is 2.04. The minimum atomic E-state index is -0.278. The highest BCUT2D eigenvalue weighted by Crippen LogP contribution is 2.35. The van der Waals surface area contributed by atoms with Crippen LogP contribution >= 0.6 is 0 Å². The van der Waals surface area contributed by atoms with Gasteiger partial charge in [0.15, 0.2) is 0 Å². The maximum Gasteiger partial charge on any atom is 0.307 e. The molecule has 0 radical (unpaired) electrons. The number of esters is 1. The Morgan fingerprint density at radius 1 is 1.45 bits per heavy atom. The summed E-state index contributed by atoms with van der Waals surface area (Å²) in [5.74, 6) is 0.543. The standard InChI is InChI=1S/C15H21NO4/c1-3-19-11-5-4-10-8-13(16)15(12(10)9-11)20-7-6-14(17)18-2/h4-5,9,13,15H,3,6-8,16H2,1-2H3. The molecule has 0 saturated carbocycles. The predicted octanol–water partition coefficient (Wildman–Crippen LogP) is 1.59. The molecule has 0 aromatic heterocycles. The molecule has 20 heavy (non-hydrogen) atoms. The number of carbonyl (C=O) groups excluding carboxylic acids is 1. The van der Waals surface area contributed by atoms with Crippen molar-refractivity contribution in [2.24, 2.45) is 5.73 Å². The third-order valence-electron chi connectivity index (χ3n) is 3.41. The molecular weight excluding hydrogens is 258 g/mol. The molecule has 0 heterocycles. The lowest BCUT2D eigenvalue weighted by molar-refractivity contribution is -0.142. The van der Waals surface area contributed by atoms with Gasteiger partial charge in [0, 0.05) is 6.04 Å². The van der Waals surface area contributed by atoms with E-state index in [1.54, 1.807) is 0 Å². The van der Waals surface area contributed by atoms with E-state index in [1.165, 1.54) is 12.7 Å². The van der Waals surface area contributed by atoms with Gasteiger partial charge in [-0.15, -0.1) is 0 Å². The molecule has 0 spiro atoms. The van der Waals surface area contributed by atoms with Crippen LogP contribution in [0, 0.1) is 0 Å². The van der Waals surface area contributed by atoms with Crippen LogP contribution in [-0.2, 0) is 20.7 Å².